The summed E-state index contributed by atoms with van der Waals surface area (Å²) in [5.74, 6) is -8.58. The molecule has 1 amide bonds. The maximum atomic E-state index is 12.8. The van der Waals surface area contributed by atoms with Crippen LogP contribution in [0.3, 0.4) is 0 Å². The summed E-state index contributed by atoms with van der Waals surface area (Å²) in [7, 11) is 0. The highest BCUT2D eigenvalue weighted by atomic mass is 19.4. The number of carbonyl (C=O) groups excluding carboxylic acids is 1. The van der Waals surface area contributed by atoms with Crippen LogP contribution in [0.4, 0.5) is 22.0 Å². The number of carbonyl (C=O) groups is 1. The summed E-state index contributed by atoms with van der Waals surface area (Å²) in [5, 5.41) is 0. The molecule has 0 aromatic carbocycles. The maximum Gasteiger partial charge on any atom is 0.454 e. The van der Waals surface area contributed by atoms with Gasteiger partial charge in [0.05, 0.1) is 0 Å². The van der Waals surface area contributed by atoms with Crippen molar-refractivity contribution in [2.75, 3.05) is 13.1 Å². The molecule has 0 N–H and O–H groups in total. The van der Waals surface area contributed by atoms with Gasteiger partial charge in [-0.25, -0.2) is 0 Å². The molecule has 0 aromatic heterocycles. The van der Waals surface area contributed by atoms with Gasteiger partial charge in [-0.15, -0.1) is 0 Å². The third kappa shape index (κ3) is 2.82. The van der Waals surface area contributed by atoms with E-state index in [9.17, 15) is 26.7 Å². The van der Waals surface area contributed by atoms with Gasteiger partial charge in [0.25, 0.3) is 0 Å². The molecule has 0 aliphatic heterocycles. The Kier molecular flexibility index (Phi) is 4.69. The number of nitrogens with zero attached hydrogens (tertiary/aromatic N) is 1. The van der Waals surface area contributed by atoms with Gasteiger partial charge in [0.2, 0.25) is 5.91 Å². The van der Waals surface area contributed by atoms with E-state index in [1.807, 2.05) is 0 Å². The Hall–Kier alpha value is -0.880. The van der Waals surface area contributed by atoms with Crippen molar-refractivity contribution < 1.29 is 26.7 Å². The molecule has 7 heteroatoms. The molecular weight excluding hydrogens is 233 g/mol. The summed E-state index contributed by atoms with van der Waals surface area (Å²) in [6.45, 7) is 3.83. The van der Waals surface area contributed by atoms with Gasteiger partial charge in [-0.05, 0) is 20.8 Å². The molecule has 16 heavy (non-hydrogen) atoms. The standard InChI is InChI=1S/C9H14F5NO/c1-4-15(5-2)7(16)6(3)8(10,11)9(12,13)14/h6H,4-5H2,1-3H3. The summed E-state index contributed by atoms with van der Waals surface area (Å²) < 4.78 is 61.7. The molecule has 0 saturated carbocycles. The first kappa shape index (κ1) is 15.1. The molecule has 0 aliphatic rings. The Bertz CT molecular complexity index is 247. The molecule has 0 aliphatic carbocycles. The summed E-state index contributed by atoms with van der Waals surface area (Å²) >= 11 is 0. The monoisotopic (exact) mass is 247 g/mol. The zero-order valence-corrected chi connectivity index (χ0v) is 9.24. The van der Waals surface area contributed by atoms with Crippen molar-refractivity contribution in [2.24, 2.45) is 5.92 Å². The van der Waals surface area contributed by atoms with E-state index in [1.54, 1.807) is 0 Å². The molecule has 2 nitrogen and oxygen atoms in total. The Morgan fingerprint density at radius 1 is 1.12 bits per heavy atom. The van der Waals surface area contributed by atoms with E-state index >= 15 is 0 Å². The average Bonchev–Trinajstić information content (AvgIpc) is 2.16. The number of hydrogen-bond donors (Lipinski definition) is 0. The highest BCUT2D eigenvalue weighted by Crippen LogP contribution is 2.41. The molecule has 0 fully saturated rings. The summed E-state index contributed by atoms with van der Waals surface area (Å²) in [5.41, 5.74) is 0. The zero-order valence-electron chi connectivity index (χ0n) is 9.24. The average molecular weight is 247 g/mol. The topological polar surface area (TPSA) is 20.3 Å². The van der Waals surface area contributed by atoms with Gasteiger partial charge in [-0.3, -0.25) is 4.79 Å². The van der Waals surface area contributed by atoms with Gasteiger partial charge in [-0.2, -0.15) is 22.0 Å². The van der Waals surface area contributed by atoms with Gasteiger partial charge < -0.3 is 4.90 Å². The Morgan fingerprint density at radius 3 is 1.75 bits per heavy atom. The molecular formula is C9H14F5NO. The SMILES string of the molecule is CCN(CC)C(=O)C(C)C(F)(F)C(F)(F)F. The maximum absolute atomic E-state index is 12.8. The van der Waals surface area contributed by atoms with Gasteiger partial charge in [0.15, 0.2) is 0 Å². The van der Waals surface area contributed by atoms with E-state index in [-0.39, 0.29) is 13.1 Å². The zero-order chi connectivity index (χ0) is 13.1. The van der Waals surface area contributed by atoms with E-state index in [4.69, 9.17) is 0 Å². The van der Waals surface area contributed by atoms with Crippen molar-refractivity contribution in [2.45, 2.75) is 32.9 Å². The number of halogens is 5. The van der Waals surface area contributed by atoms with E-state index in [2.05, 4.69) is 0 Å². The van der Waals surface area contributed by atoms with Crippen LogP contribution in [0.15, 0.2) is 0 Å². The molecule has 0 saturated heterocycles. The van der Waals surface area contributed by atoms with Gasteiger partial charge in [-0.1, -0.05) is 0 Å². The Morgan fingerprint density at radius 2 is 1.50 bits per heavy atom. The van der Waals surface area contributed by atoms with Crippen LogP contribution >= 0.6 is 0 Å². The van der Waals surface area contributed by atoms with E-state index in [1.165, 1.54) is 13.8 Å². The van der Waals surface area contributed by atoms with Crippen LogP contribution in [-0.2, 0) is 4.79 Å². The van der Waals surface area contributed by atoms with E-state index < -0.39 is 23.9 Å². The highest BCUT2D eigenvalue weighted by Gasteiger charge is 2.63. The van der Waals surface area contributed by atoms with Crippen LogP contribution < -0.4 is 0 Å². The van der Waals surface area contributed by atoms with Crippen molar-refractivity contribution in [3.8, 4) is 0 Å². The number of alkyl halides is 5. The normalized spacial score (nSPS) is 14.8. The molecule has 96 valence electrons. The molecule has 0 aromatic rings. The number of rotatable bonds is 4. The summed E-state index contributed by atoms with van der Waals surface area (Å²) in [4.78, 5) is 12.3. The van der Waals surface area contributed by atoms with Gasteiger partial charge in [0, 0.05) is 13.1 Å². The second-order valence-electron chi connectivity index (χ2n) is 3.35. The van der Waals surface area contributed by atoms with Crippen LogP contribution in [-0.4, -0.2) is 36.0 Å². The quantitative estimate of drug-likeness (QED) is 0.699. The Labute approximate surface area is 90.4 Å². The Balaban J connectivity index is 4.92. The van der Waals surface area contributed by atoms with Crippen molar-refractivity contribution in [3.05, 3.63) is 0 Å². The second kappa shape index (κ2) is 4.97. The first-order chi connectivity index (χ1) is 7.09. The van der Waals surface area contributed by atoms with Crippen molar-refractivity contribution in [1.82, 2.24) is 4.90 Å². The van der Waals surface area contributed by atoms with Crippen LogP contribution in [0.25, 0.3) is 0 Å². The fourth-order valence-electron chi connectivity index (χ4n) is 1.21. The lowest BCUT2D eigenvalue weighted by molar-refractivity contribution is -0.297. The third-order valence-corrected chi connectivity index (χ3v) is 2.37. The smallest absolute Gasteiger partial charge is 0.343 e. The highest BCUT2D eigenvalue weighted by molar-refractivity contribution is 5.79. The summed E-state index contributed by atoms with van der Waals surface area (Å²) in [6, 6.07) is 0. The first-order valence-corrected chi connectivity index (χ1v) is 4.82. The number of amides is 1. The van der Waals surface area contributed by atoms with Crippen LogP contribution in [0, 0.1) is 5.92 Å². The molecule has 0 rings (SSSR count). The van der Waals surface area contributed by atoms with Crippen LogP contribution in [0.2, 0.25) is 0 Å². The molecule has 1 atom stereocenters. The minimum atomic E-state index is -5.70. The minimum Gasteiger partial charge on any atom is -0.343 e. The first-order valence-electron chi connectivity index (χ1n) is 4.82. The molecule has 0 radical (unpaired) electrons. The molecule has 0 heterocycles. The lowest BCUT2D eigenvalue weighted by Gasteiger charge is -2.29. The number of hydrogen-bond acceptors (Lipinski definition) is 1. The van der Waals surface area contributed by atoms with Gasteiger partial charge >= 0.3 is 12.1 Å². The van der Waals surface area contributed by atoms with Crippen LogP contribution in [0.1, 0.15) is 20.8 Å². The minimum absolute atomic E-state index is 0.105. The summed E-state index contributed by atoms with van der Waals surface area (Å²) in [6.07, 6.45) is -5.70. The van der Waals surface area contributed by atoms with E-state index in [0.29, 0.717) is 6.92 Å². The second-order valence-corrected chi connectivity index (χ2v) is 3.35. The third-order valence-electron chi connectivity index (χ3n) is 2.37. The van der Waals surface area contributed by atoms with Crippen molar-refractivity contribution >= 4 is 5.91 Å². The lowest BCUT2D eigenvalue weighted by Crippen LogP contribution is -2.50. The van der Waals surface area contributed by atoms with Crippen molar-refractivity contribution in [3.63, 3.8) is 0 Å². The largest absolute Gasteiger partial charge is 0.454 e. The van der Waals surface area contributed by atoms with Crippen LogP contribution in [0.5, 0.6) is 0 Å². The fourth-order valence-corrected chi connectivity index (χ4v) is 1.21. The molecule has 0 bridgehead atoms. The predicted molar refractivity (Wildman–Crippen MR) is 48.1 cm³/mol. The van der Waals surface area contributed by atoms with Crippen molar-refractivity contribution in [1.29, 1.82) is 0 Å². The molecule has 0 spiro atoms. The van der Waals surface area contributed by atoms with Gasteiger partial charge in [0.1, 0.15) is 5.92 Å². The molecule has 1 unspecified atom stereocenters. The lowest BCUT2D eigenvalue weighted by atomic mass is 10.0. The predicted octanol–water partition coefficient (Wildman–Crippen LogP) is 2.69. The fraction of sp³-hybridized carbons (Fsp3) is 0.889. The van der Waals surface area contributed by atoms with E-state index in [0.717, 1.165) is 4.90 Å².